The maximum atomic E-state index is 13.8. The number of nitrogens with one attached hydrogen (secondary N) is 4. The van der Waals surface area contributed by atoms with Gasteiger partial charge >= 0.3 is 6.09 Å². The molecule has 0 radical (unpaired) electrons. The zero-order chi connectivity index (χ0) is 32.2. The number of rotatable bonds is 16. The zero-order valence-electron chi connectivity index (χ0n) is 26.7. The molecule has 10 nitrogen and oxygen atoms in total. The molecule has 0 fully saturated rings. The van der Waals surface area contributed by atoms with E-state index in [4.69, 9.17) is 4.74 Å². The molecule has 10 heteroatoms. The Morgan fingerprint density at radius 1 is 1.02 bits per heavy atom. The number of imidazole rings is 1. The van der Waals surface area contributed by atoms with Crippen molar-refractivity contribution in [2.45, 2.75) is 104 Å². The average Bonchev–Trinajstić information content (AvgIpc) is 3.42. The van der Waals surface area contributed by atoms with E-state index in [1.165, 1.54) is 6.33 Å². The Hall–Kier alpha value is -3.66. The van der Waals surface area contributed by atoms with E-state index in [-0.39, 0.29) is 30.6 Å². The van der Waals surface area contributed by atoms with Crippen molar-refractivity contribution in [3.05, 3.63) is 66.8 Å². The molecule has 1 heterocycles. The molecule has 0 saturated heterocycles. The molecule has 43 heavy (non-hydrogen) atoms. The summed E-state index contributed by atoms with van der Waals surface area (Å²) in [5.74, 6) is -0.499. The molecular formula is C33H51N5O5. The first-order valence-corrected chi connectivity index (χ1v) is 15.1. The smallest absolute Gasteiger partial charge is 0.408 e. The van der Waals surface area contributed by atoms with Crippen LogP contribution < -0.4 is 16.0 Å². The third-order valence-corrected chi connectivity index (χ3v) is 7.08. The maximum Gasteiger partial charge on any atom is 0.408 e. The van der Waals surface area contributed by atoms with Crippen LogP contribution in [0.2, 0.25) is 0 Å². The normalized spacial score (nSPS) is 15.2. The van der Waals surface area contributed by atoms with Crippen LogP contribution in [0.3, 0.4) is 0 Å². The number of carbonyl (C=O) groups excluding carboxylic acids is 3. The monoisotopic (exact) mass is 597 g/mol. The van der Waals surface area contributed by atoms with Crippen LogP contribution in [0.25, 0.3) is 0 Å². The lowest BCUT2D eigenvalue weighted by atomic mass is 9.86. The number of aliphatic hydroxyl groups excluding tert-OH is 1. The van der Waals surface area contributed by atoms with Crippen molar-refractivity contribution in [1.82, 2.24) is 25.9 Å². The van der Waals surface area contributed by atoms with E-state index in [1.54, 1.807) is 6.20 Å². The fourth-order valence-corrected chi connectivity index (χ4v) is 4.76. The van der Waals surface area contributed by atoms with E-state index < -0.39 is 47.7 Å². The predicted octanol–water partition coefficient (Wildman–Crippen LogP) is 4.31. The second-order valence-electron chi connectivity index (χ2n) is 13.0. The zero-order valence-corrected chi connectivity index (χ0v) is 26.7. The molecule has 0 saturated carbocycles. The molecule has 0 bridgehead atoms. The number of aromatic amines is 1. The van der Waals surface area contributed by atoms with Gasteiger partial charge in [-0.2, -0.15) is 0 Å². The number of aromatic nitrogens is 2. The van der Waals surface area contributed by atoms with Crippen LogP contribution in [-0.2, 0) is 27.2 Å². The molecule has 5 atom stereocenters. The standard InChI is InChI=1S/C33H51N5O5/c1-9-24(22(4)5)17-28(39)26(15-21(2)3)36-30(40)27(18-25-19-34-20-35-25)37-31(41)29(16-23-13-11-10-12-14-23)43-32(42)38-33(6,7)8/h9-14,19-22,24,26-29,39H,1,15-18H2,2-8H3,(H,34,35)(H,36,40)(H,37,41)(H,38,42)/t24-,26-,27-,28-,29-/m0/s1. The number of ether oxygens (including phenoxy) is 1. The van der Waals surface area contributed by atoms with Gasteiger partial charge in [0, 0.05) is 30.3 Å². The van der Waals surface area contributed by atoms with Gasteiger partial charge in [0.2, 0.25) is 5.91 Å². The van der Waals surface area contributed by atoms with Crippen LogP contribution in [0.1, 0.15) is 72.6 Å². The van der Waals surface area contributed by atoms with Crippen LogP contribution >= 0.6 is 0 Å². The molecule has 0 spiro atoms. The van der Waals surface area contributed by atoms with Crippen LogP contribution in [0.5, 0.6) is 0 Å². The predicted molar refractivity (Wildman–Crippen MR) is 168 cm³/mol. The van der Waals surface area contributed by atoms with E-state index in [0.717, 1.165) is 5.56 Å². The second kappa shape index (κ2) is 16.8. The molecule has 238 valence electrons. The van der Waals surface area contributed by atoms with E-state index >= 15 is 0 Å². The van der Waals surface area contributed by atoms with E-state index in [0.29, 0.717) is 18.5 Å². The number of carbonyl (C=O) groups is 3. The molecule has 0 aliphatic rings. The number of hydrogen-bond acceptors (Lipinski definition) is 6. The molecule has 3 amide bonds. The lowest BCUT2D eigenvalue weighted by Crippen LogP contribution is -2.56. The Morgan fingerprint density at radius 2 is 1.70 bits per heavy atom. The van der Waals surface area contributed by atoms with E-state index in [1.807, 2.05) is 71.0 Å². The third kappa shape index (κ3) is 13.0. The molecule has 1 aromatic heterocycles. The van der Waals surface area contributed by atoms with Gasteiger partial charge in [0.1, 0.15) is 6.04 Å². The summed E-state index contributed by atoms with van der Waals surface area (Å²) in [6, 6.07) is 7.65. The van der Waals surface area contributed by atoms with Gasteiger partial charge in [-0.05, 0) is 56.9 Å². The highest BCUT2D eigenvalue weighted by atomic mass is 16.6. The first-order valence-electron chi connectivity index (χ1n) is 15.1. The fraction of sp³-hybridized carbons (Fsp3) is 0.576. The summed E-state index contributed by atoms with van der Waals surface area (Å²) >= 11 is 0. The highest BCUT2D eigenvalue weighted by Gasteiger charge is 2.32. The Morgan fingerprint density at radius 3 is 2.23 bits per heavy atom. The first-order chi connectivity index (χ1) is 20.2. The van der Waals surface area contributed by atoms with Crippen molar-refractivity contribution in [2.75, 3.05) is 0 Å². The van der Waals surface area contributed by atoms with Crippen LogP contribution in [0.4, 0.5) is 4.79 Å². The van der Waals surface area contributed by atoms with Crippen molar-refractivity contribution < 1.29 is 24.2 Å². The van der Waals surface area contributed by atoms with Gasteiger partial charge in [0.05, 0.1) is 18.5 Å². The topological polar surface area (TPSA) is 145 Å². The number of alkyl carbamates (subject to hydrolysis) is 1. The molecule has 5 N–H and O–H groups in total. The largest absolute Gasteiger partial charge is 0.436 e. The van der Waals surface area contributed by atoms with Crippen molar-refractivity contribution in [3.63, 3.8) is 0 Å². The van der Waals surface area contributed by atoms with Gasteiger partial charge in [0.25, 0.3) is 5.91 Å². The number of allylic oxidation sites excluding steroid dienone is 1. The Kier molecular flexibility index (Phi) is 13.9. The van der Waals surface area contributed by atoms with Crippen molar-refractivity contribution >= 4 is 17.9 Å². The Balaban J connectivity index is 2.30. The van der Waals surface area contributed by atoms with Crippen molar-refractivity contribution in [2.24, 2.45) is 17.8 Å². The lowest BCUT2D eigenvalue weighted by molar-refractivity contribution is -0.134. The van der Waals surface area contributed by atoms with Gasteiger partial charge in [-0.1, -0.05) is 64.1 Å². The molecule has 2 rings (SSSR count). The van der Waals surface area contributed by atoms with Crippen molar-refractivity contribution in [1.29, 1.82) is 0 Å². The SMILES string of the molecule is C=C[C@@H](C[C@H](O)[C@H](CC(C)C)NC(=O)[C@H](Cc1cnc[nH]1)NC(=O)[C@H](Cc1ccccc1)OC(=O)NC(C)(C)C)C(C)C. The van der Waals surface area contributed by atoms with Gasteiger partial charge in [-0.25, -0.2) is 9.78 Å². The van der Waals surface area contributed by atoms with Crippen LogP contribution in [-0.4, -0.2) is 62.8 Å². The molecule has 0 unspecified atom stereocenters. The summed E-state index contributed by atoms with van der Waals surface area (Å²) in [5.41, 5.74) is 0.863. The first kappa shape index (κ1) is 35.5. The number of H-pyrrole nitrogens is 1. The minimum absolute atomic E-state index is 0.0807. The molecule has 2 aromatic rings. The number of hydrogen-bond donors (Lipinski definition) is 5. The fourth-order valence-electron chi connectivity index (χ4n) is 4.76. The van der Waals surface area contributed by atoms with Gasteiger partial charge < -0.3 is 30.8 Å². The quantitative estimate of drug-likeness (QED) is 0.182. The maximum absolute atomic E-state index is 13.8. The number of benzene rings is 1. The third-order valence-electron chi connectivity index (χ3n) is 7.08. The summed E-state index contributed by atoms with van der Waals surface area (Å²) in [5, 5.41) is 19.7. The highest BCUT2D eigenvalue weighted by molar-refractivity contribution is 5.90. The summed E-state index contributed by atoms with van der Waals surface area (Å²) in [4.78, 5) is 47.1. The summed E-state index contributed by atoms with van der Waals surface area (Å²) < 4.78 is 5.60. The average molecular weight is 598 g/mol. The minimum Gasteiger partial charge on any atom is -0.436 e. The highest BCUT2D eigenvalue weighted by Crippen LogP contribution is 2.22. The van der Waals surface area contributed by atoms with Gasteiger partial charge in [-0.15, -0.1) is 6.58 Å². The van der Waals surface area contributed by atoms with Gasteiger partial charge in [0.15, 0.2) is 6.10 Å². The molecular weight excluding hydrogens is 546 g/mol. The molecule has 1 aromatic carbocycles. The number of amides is 3. The van der Waals surface area contributed by atoms with Gasteiger partial charge in [-0.3, -0.25) is 9.59 Å². The number of aliphatic hydroxyl groups is 1. The summed E-state index contributed by atoms with van der Waals surface area (Å²) in [7, 11) is 0. The Bertz CT molecular complexity index is 1140. The van der Waals surface area contributed by atoms with Crippen LogP contribution in [0, 0.1) is 17.8 Å². The number of nitrogens with zero attached hydrogens (tertiary/aromatic N) is 1. The van der Waals surface area contributed by atoms with Crippen molar-refractivity contribution in [3.8, 4) is 0 Å². The van der Waals surface area contributed by atoms with E-state index in [9.17, 15) is 19.5 Å². The van der Waals surface area contributed by atoms with E-state index in [2.05, 4.69) is 46.3 Å². The molecule has 0 aliphatic heterocycles. The lowest BCUT2D eigenvalue weighted by Gasteiger charge is -2.31. The minimum atomic E-state index is -1.20. The second-order valence-corrected chi connectivity index (χ2v) is 13.0. The summed E-state index contributed by atoms with van der Waals surface area (Å²) in [6.45, 7) is 17.5. The summed E-state index contributed by atoms with van der Waals surface area (Å²) in [6.07, 6.45) is 3.42. The Labute approximate surface area is 256 Å². The molecule has 0 aliphatic carbocycles. The van der Waals surface area contributed by atoms with Crippen LogP contribution in [0.15, 0.2) is 55.5 Å².